The number of nitrogens with zero attached hydrogens (tertiary/aromatic N) is 1. The van der Waals surface area contributed by atoms with Crippen LogP contribution < -0.4 is 0 Å². The van der Waals surface area contributed by atoms with Gasteiger partial charge >= 0.3 is 6.18 Å². The van der Waals surface area contributed by atoms with E-state index in [1.165, 1.54) is 18.2 Å². The first-order chi connectivity index (χ1) is 10.4. The number of benzene rings is 1. The molecule has 0 radical (unpaired) electrons. The van der Waals surface area contributed by atoms with Crippen molar-refractivity contribution in [3.8, 4) is 0 Å². The molecule has 0 aromatic heterocycles. The Bertz CT molecular complexity index is 537. The Hall–Kier alpha value is -1.82. The lowest BCUT2D eigenvalue weighted by atomic mass is 10.1. The number of hydrogen-bond donors (Lipinski definition) is 0. The van der Waals surface area contributed by atoms with Crippen molar-refractivity contribution in [2.24, 2.45) is 0 Å². The largest absolute Gasteiger partial charge is 0.416 e. The highest BCUT2D eigenvalue weighted by Crippen LogP contribution is 2.29. The maximum absolute atomic E-state index is 12.5. The minimum Gasteiger partial charge on any atom is -0.372 e. The van der Waals surface area contributed by atoms with Gasteiger partial charge in [-0.05, 0) is 37.1 Å². The Labute approximate surface area is 127 Å². The molecule has 6 heteroatoms. The molecule has 1 aromatic carbocycles. The van der Waals surface area contributed by atoms with E-state index in [4.69, 9.17) is 4.74 Å². The first-order valence-electron chi connectivity index (χ1n) is 7.09. The van der Waals surface area contributed by atoms with Crippen LogP contribution in [0.3, 0.4) is 0 Å². The van der Waals surface area contributed by atoms with Crippen molar-refractivity contribution in [1.29, 1.82) is 0 Å². The molecule has 1 aromatic rings. The summed E-state index contributed by atoms with van der Waals surface area (Å²) in [6, 6.07) is 4.94. The van der Waals surface area contributed by atoms with E-state index in [0.29, 0.717) is 18.7 Å². The first-order valence-corrected chi connectivity index (χ1v) is 7.09. The zero-order valence-corrected chi connectivity index (χ0v) is 12.3. The fourth-order valence-corrected chi connectivity index (χ4v) is 2.32. The van der Waals surface area contributed by atoms with Crippen LogP contribution in [-0.4, -0.2) is 30.0 Å². The molecule has 0 bridgehead atoms. The molecule has 1 fully saturated rings. The van der Waals surface area contributed by atoms with Crippen molar-refractivity contribution in [3.05, 3.63) is 47.5 Å². The van der Waals surface area contributed by atoms with Gasteiger partial charge in [-0.15, -0.1) is 0 Å². The van der Waals surface area contributed by atoms with E-state index in [1.54, 1.807) is 17.9 Å². The van der Waals surface area contributed by atoms with Gasteiger partial charge in [0, 0.05) is 13.1 Å². The molecule has 1 saturated heterocycles. The third-order valence-electron chi connectivity index (χ3n) is 3.53. The Kier molecular flexibility index (Phi) is 5.24. The van der Waals surface area contributed by atoms with Crippen molar-refractivity contribution >= 4 is 5.91 Å². The fourth-order valence-electron chi connectivity index (χ4n) is 2.32. The van der Waals surface area contributed by atoms with Gasteiger partial charge < -0.3 is 9.64 Å². The third kappa shape index (κ3) is 4.34. The lowest BCUT2D eigenvalue weighted by Crippen LogP contribution is -2.28. The predicted octanol–water partition coefficient (Wildman–Crippen LogP) is 3.40. The molecular formula is C16H18F3NO2. The number of ether oxygens (including phenoxy) is 1. The van der Waals surface area contributed by atoms with Crippen LogP contribution in [0.4, 0.5) is 13.2 Å². The van der Waals surface area contributed by atoms with E-state index >= 15 is 0 Å². The average molecular weight is 313 g/mol. The molecule has 2 rings (SSSR count). The minimum absolute atomic E-state index is 0.0388. The summed E-state index contributed by atoms with van der Waals surface area (Å²) in [7, 11) is 0. The van der Waals surface area contributed by atoms with Gasteiger partial charge in [0.05, 0.1) is 18.3 Å². The molecule has 0 N–H and O–H groups in total. The molecule has 1 aliphatic heterocycles. The Morgan fingerprint density at radius 2 is 2.05 bits per heavy atom. The van der Waals surface area contributed by atoms with Crippen LogP contribution in [0.15, 0.2) is 36.4 Å². The smallest absolute Gasteiger partial charge is 0.372 e. The lowest BCUT2D eigenvalue weighted by molar-refractivity contribution is -0.137. The zero-order chi connectivity index (χ0) is 16.2. The van der Waals surface area contributed by atoms with Crippen LogP contribution >= 0.6 is 0 Å². The highest BCUT2D eigenvalue weighted by Gasteiger charge is 2.30. The zero-order valence-electron chi connectivity index (χ0n) is 12.3. The molecule has 0 aliphatic carbocycles. The van der Waals surface area contributed by atoms with Gasteiger partial charge in [-0.2, -0.15) is 13.2 Å². The second-order valence-electron chi connectivity index (χ2n) is 5.20. The van der Waals surface area contributed by atoms with E-state index in [9.17, 15) is 18.0 Å². The van der Waals surface area contributed by atoms with Crippen LogP contribution in [0, 0.1) is 0 Å². The van der Waals surface area contributed by atoms with Crippen molar-refractivity contribution in [2.75, 3.05) is 13.1 Å². The molecule has 120 valence electrons. The van der Waals surface area contributed by atoms with Gasteiger partial charge in [0.25, 0.3) is 0 Å². The van der Waals surface area contributed by atoms with Gasteiger partial charge in [-0.25, -0.2) is 0 Å². The standard InChI is InChI=1S/C16H18F3NO2/c1-2-3-15(21)20-9-8-14(10-20)22-11-12-4-6-13(7-5-12)16(17,18)19/h2-7,14H,8-11H2,1H3/b3-2-. The SMILES string of the molecule is C/C=C\C(=O)N1CCC(OCc2ccc(C(F)(F)F)cc2)C1. The van der Waals surface area contributed by atoms with E-state index in [-0.39, 0.29) is 18.6 Å². The van der Waals surface area contributed by atoms with Gasteiger partial charge in [-0.1, -0.05) is 18.2 Å². The lowest BCUT2D eigenvalue weighted by Gasteiger charge is -2.15. The summed E-state index contributed by atoms with van der Waals surface area (Å²) in [5.41, 5.74) is 0.0199. The number of carbonyl (C=O) groups is 1. The van der Waals surface area contributed by atoms with E-state index in [2.05, 4.69) is 0 Å². The molecule has 0 saturated carbocycles. The molecule has 22 heavy (non-hydrogen) atoms. The highest BCUT2D eigenvalue weighted by atomic mass is 19.4. The van der Waals surface area contributed by atoms with Crippen LogP contribution in [0.2, 0.25) is 0 Å². The average Bonchev–Trinajstić information content (AvgIpc) is 2.94. The number of amides is 1. The maximum atomic E-state index is 12.5. The summed E-state index contributed by atoms with van der Waals surface area (Å²) in [6.07, 6.45) is -0.448. The molecule has 1 aliphatic rings. The van der Waals surface area contributed by atoms with Gasteiger partial charge in [0.2, 0.25) is 5.91 Å². The number of alkyl halides is 3. The van der Waals surface area contributed by atoms with Crippen molar-refractivity contribution in [3.63, 3.8) is 0 Å². The number of rotatable bonds is 4. The molecule has 1 heterocycles. The first kappa shape index (κ1) is 16.5. The van der Waals surface area contributed by atoms with Gasteiger partial charge in [0.1, 0.15) is 0 Å². The summed E-state index contributed by atoms with van der Waals surface area (Å²) in [6.45, 7) is 3.19. The molecule has 3 nitrogen and oxygen atoms in total. The molecule has 0 spiro atoms. The second-order valence-corrected chi connectivity index (χ2v) is 5.20. The van der Waals surface area contributed by atoms with Crippen LogP contribution in [0.1, 0.15) is 24.5 Å². The molecule has 1 atom stereocenters. The highest BCUT2D eigenvalue weighted by molar-refractivity contribution is 5.87. The summed E-state index contributed by atoms with van der Waals surface area (Å²) in [5, 5.41) is 0. The summed E-state index contributed by atoms with van der Waals surface area (Å²) in [5.74, 6) is -0.0388. The molecule has 1 unspecified atom stereocenters. The van der Waals surface area contributed by atoms with E-state index < -0.39 is 11.7 Å². The molecular weight excluding hydrogens is 295 g/mol. The number of carbonyl (C=O) groups excluding carboxylic acids is 1. The quantitative estimate of drug-likeness (QED) is 0.797. The maximum Gasteiger partial charge on any atom is 0.416 e. The van der Waals surface area contributed by atoms with Crippen LogP contribution in [0.5, 0.6) is 0 Å². The fraction of sp³-hybridized carbons (Fsp3) is 0.438. The minimum atomic E-state index is -4.32. The van der Waals surface area contributed by atoms with Gasteiger partial charge in [0.15, 0.2) is 0 Å². The number of hydrogen-bond acceptors (Lipinski definition) is 2. The summed E-state index contributed by atoms with van der Waals surface area (Å²) in [4.78, 5) is 13.4. The number of halogens is 3. The Morgan fingerprint density at radius 1 is 1.36 bits per heavy atom. The van der Waals surface area contributed by atoms with Crippen LogP contribution in [-0.2, 0) is 22.3 Å². The monoisotopic (exact) mass is 313 g/mol. The van der Waals surface area contributed by atoms with E-state index in [1.807, 2.05) is 0 Å². The van der Waals surface area contributed by atoms with Gasteiger partial charge in [-0.3, -0.25) is 4.79 Å². The Balaban J connectivity index is 1.83. The third-order valence-corrected chi connectivity index (χ3v) is 3.53. The van der Waals surface area contributed by atoms with Crippen LogP contribution in [0.25, 0.3) is 0 Å². The number of likely N-dealkylation sites (tertiary alicyclic amines) is 1. The predicted molar refractivity (Wildman–Crippen MR) is 76.0 cm³/mol. The van der Waals surface area contributed by atoms with E-state index in [0.717, 1.165) is 18.6 Å². The summed E-state index contributed by atoms with van der Waals surface area (Å²) < 4.78 is 43.0. The Morgan fingerprint density at radius 3 is 2.64 bits per heavy atom. The van der Waals surface area contributed by atoms with Crippen molar-refractivity contribution < 1.29 is 22.7 Å². The number of allylic oxidation sites excluding steroid dienone is 1. The van der Waals surface area contributed by atoms with Crippen molar-refractivity contribution in [1.82, 2.24) is 4.90 Å². The second kappa shape index (κ2) is 6.96. The molecule has 1 amide bonds. The normalized spacial score (nSPS) is 19.1. The van der Waals surface area contributed by atoms with Crippen molar-refractivity contribution in [2.45, 2.75) is 32.2 Å². The topological polar surface area (TPSA) is 29.5 Å². The summed E-state index contributed by atoms with van der Waals surface area (Å²) >= 11 is 0.